The van der Waals surface area contributed by atoms with E-state index < -0.39 is 12.0 Å². The van der Waals surface area contributed by atoms with Crippen LogP contribution in [0.25, 0.3) is 0 Å². The van der Waals surface area contributed by atoms with Crippen molar-refractivity contribution in [2.75, 3.05) is 0 Å². The van der Waals surface area contributed by atoms with E-state index in [9.17, 15) is 9.90 Å². The zero-order valence-corrected chi connectivity index (χ0v) is 12.5. The number of hydrogen-bond donors (Lipinski definition) is 2. The highest BCUT2D eigenvalue weighted by Crippen LogP contribution is 2.23. The number of rotatable bonds is 4. The first-order valence-electron chi connectivity index (χ1n) is 7.64. The number of aliphatic carboxylic acids is 1. The van der Waals surface area contributed by atoms with Gasteiger partial charge in [0.15, 0.2) is 0 Å². The maximum Gasteiger partial charge on any atom is 0.325 e. The first kappa shape index (κ1) is 15.0. The third kappa shape index (κ3) is 3.83. The summed E-state index contributed by atoms with van der Waals surface area (Å²) in [4.78, 5) is 11.6. The van der Waals surface area contributed by atoms with Gasteiger partial charge in [-0.3, -0.25) is 10.1 Å². The molecule has 0 amide bonds. The number of carboxylic acids is 1. The lowest BCUT2D eigenvalue weighted by atomic mass is 9.99. The average Bonchev–Trinajstić information content (AvgIpc) is 2.67. The smallest absolute Gasteiger partial charge is 0.325 e. The highest BCUT2D eigenvalue weighted by Gasteiger charge is 2.24. The Kier molecular flexibility index (Phi) is 5.18. The van der Waals surface area contributed by atoms with Crippen LogP contribution in [0.2, 0.25) is 0 Å². The van der Waals surface area contributed by atoms with Crippen molar-refractivity contribution in [3.05, 3.63) is 34.9 Å². The maximum atomic E-state index is 11.6. The minimum Gasteiger partial charge on any atom is -0.480 e. The van der Waals surface area contributed by atoms with Crippen LogP contribution in [0.1, 0.15) is 61.3 Å². The zero-order valence-electron chi connectivity index (χ0n) is 12.5. The molecule has 2 rings (SSSR count). The van der Waals surface area contributed by atoms with Gasteiger partial charge in [0.1, 0.15) is 6.04 Å². The Morgan fingerprint density at radius 1 is 1.15 bits per heavy atom. The summed E-state index contributed by atoms with van der Waals surface area (Å²) in [5.74, 6) is -0.780. The molecule has 1 aromatic rings. The van der Waals surface area contributed by atoms with E-state index in [-0.39, 0.29) is 0 Å². The molecule has 1 unspecified atom stereocenters. The van der Waals surface area contributed by atoms with Gasteiger partial charge >= 0.3 is 5.97 Å². The monoisotopic (exact) mass is 275 g/mol. The van der Waals surface area contributed by atoms with E-state index in [4.69, 9.17) is 0 Å². The van der Waals surface area contributed by atoms with Crippen LogP contribution in [0, 0.1) is 13.8 Å². The zero-order chi connectivity index (χ0) is 14.5. The van der Waals surface area contributed by atoms with Crippen LogP contribution in [0.5, 0.6) is 0 Å². The minimum absolute atomic E-state index is 0.334. The molecule has 0 aromatic heterocycles. The van der Waals surface area contributed by atoms with Gasteiger partial charge in [-0.15, -0.1) is 0 Å². The van der Waals surface area contributed by atoms with Crippen molar-refractivity contribution < 1.29 is 9.90 Å². The molecule has 1 aliphatic rings. The normalized spacial score (nSPS) is 18.5. The Morgan fingerprint density at radius 3 is 2.35 bits per heavy atom. The lowest BCUT2D eigenvalue weighted by Gasteiger charge is -2.23. The molecule has 2 N–H and O–H groups in total. The third-order valence-electron chi connectivity index (χ3n) is 4.37. The summed E-state index contributed by atoms with van der Waals surface area (Å²) >= 11 is 0. The highest BCUT2D eigenvalue weighted by molar-refractivity contribution is 5.75. The van der Waals surface area contributed by atoms with E-state index in [0.29, 0.717) is 6.04 Å². The van der Waals surface area contributed by atoms with Gasteiger partial charge in [-0.25, -0.2) is 0 Å². The maximum absolute atomic E-state index is 11.6. The van der Waals surface area contributed by atoms with Crippen molar-refractivity contribution in [2.45, 2.75) is 64.5 Å². The molecule has 0 bridgehead atoms. The van der Waals surface area contributed by atoms with Gasteiger partial charge in [0.2, 0.25) is 0 Å². The molecule has 1 saturated carbocycles. The second kappa shape index (κ2) is 6.89. The lowest BCUT2D eigenvalue weighted by Crippen LogP contribution is -2.36. The molecule has 1 atom stereocenters. The largest absolute Gasteiger partial charge is 0.480 e. The summed E-state index contributed by atoms with van der Waals surface area (Å²) in [6.45, 7) is 4.08. The SMILES string of the molecule is Cc1ccc(C(NC2CCCCCC2)C(=O)O)cc1C. The standard InChI is InChI=1S/C17H25NO2/c1-12-9-10-14(11-13(12)2)16(17(19)20)18-15-7-5-3-4-6-8-15/h9-11,15-16,18H,3-8H2,1-2H3,(H,19,20). The molecule has 1 aliphatic carbocycles. The topological polar surface area (TPSA) is 49.3 Å². The van der Waals surface area contributed by atoms with Crippen molar-refractivity contribution in [3.8, 4) is 0 Å². The summed E-state index contributed by atoms with van der Waals surface area (Å²) in [7, 11) is 0. The summed E-state index contributed by atoms with van der Waals surface area (Å²) in [6, 6.07) is 5.69. The first-order chi connectivity index (χ1) is 9.58. The van der Waals surface area contributed by atoms with Crippen LogP contribution in [0.4, 0.5) is 0 Å². The number of carboxylic acid groups (broad SMARTS) is 1. The Labute approximate surface area is 121 Å². The molecule has 1 aromatic carbocycles. The second-order valence-electron chi connectivity index (χ2n) is 5.97. The molecule has 3 nitrogen and oxygen atoms in total. The summed E-state index contributed by atoms with van der Waals surface area (Å²) in [5.41, 5.74) is 3.22. The molecule has 0 radical (unpaired) electrons. The van der Waals surface area contributed by atoms with Crippen LogP contribution in [0.3, 0.4) is 0 Å². The second-order valence-corrected chi connectivity index (χ2v) is 5.97. The van der Waals surface area contributed by atoms with Crippen molar-refractivity contribution in [2.24, 2.45) is 0 Å². The predicted molar refractivity (Wildman–Crippen MR) is 80.9 cm³/mol. The molecule has 0 spiro atoms. The van der Waals surface area contributed by atoms with E-state index in [1.165, 1.54) is 31.2 Å². The van der Waals surface area contributed by atoms with Crippen LogP contribution >= 0.6 is 0 Å². The molecule has 110 valence electrons. The van der Waals surface area contributed by atoms with E-state index >= 15 is 0 Å². The minimum atomic E-state index is -0.780. The molecule has 0 saturated heterocycles. The van der Waals surface area contributed by atoms with Gasteiger partial charge in [0.25, 0.3) is 0 Å². The Balaban J connectivity index is 2.13. The van der Waals surface area contributed by atoms with Crippen LogP contribution in [-0.4, -0.2) is 17.1 Å². The molecule has 3 heteroatoms. The van der Waals surface area contributed by atoms with Crippen LogP contribution in [0.15, 0.2) is 18.2 Å². The Morgan fingerprint density at radius 2 is 1.80 bits per heavy atom. The van der Waals surface area contributed by atoms with Crippen molar-refractivity contribution in [1.82, 2.24) is 5.32 Å². The third-order valence-corrected chi connectivity index (χ3v) is 4.37. The molecule has 1 fully saturated rings. The van der Waals surface area contributed by atoms with E-state index in [2.05, 4.69) is 5.32 Å². The Hall–Kier alpha value is -1.35. The molecular weight excluding hydrogens is 250 g/mol. The summed E-state index contributed by atoms with van der Waals surface area (Å²) in [5, 5.41) is 12.9. The van der Waals surface area contributed by atoms with Gasteiger partial charge in [-0.1, -0.05) is 43.9 Å². The van der Waals surface area contributed by atoms with Crippen molar-refractivity contribution >= 4 is 5.97 Å². The van der Waals surface area contributed by atoms with Gasteiger partial charge in [0, 0.05) is 6.04 Å². The first-order valence-corrected chi connectivity index (χ1v) is 7.64. The lowest BCUT2D eigenvalue weighted by molar-refractivity contribution is -0.140. The fourth-order valence-electron chi connectivity index (χ4n) is 2.94. The highest BCUT2D eigenvalue weighted by atomic mass is 16.4. The number of hydrogen-bond acceptors (Lipinski definition) is 2. The van der Waals surface area contributed by atoms with Crippen molar-refractivity contribution in [3.63, 3.8) is 0 Å². The van der Waals surface area contributed by atoms with E-state index in [1.54, 1.807) is 0 Å². The molecule has 20 heavy (non-hydrogen) atoms. The van der Waals surface area contributed by atoms with E-state index in [1.807, 2.05) is 32.0 Å². The number of benzene rings is 1. The Bertz CT molecular complexity index is 462. The fourth-order valence-corrected chi connectivity index (χ4v) is 2.94. The van der Waals surface area contributed by atoms with E-state index in [0.717, 1.165) is 24.0 Å². The van der Waals surface area contributed by atoms with Crippen LogP contribution < -0.4 is 5.32 Å². The van der Waals surface area contributed by atoms with Crippen LogP contribution in [-0.2, 0) is 4.79 Å². The average molecular weight is 275 g/mol. The number of carbonyl (C=O) groups is 1. The molecule has 0 aliphatic heterocycles. The fraction of sp³-hybridized carbons (Fsp3) is 0.588. The summed E-state index contributed by atoms with van der Waals surface area (Å²) in [6.07, 6.45) is 7.15. The predicted octanol–water partition coefficient (Wildman–Crippen LogP) is 3.74. The van der Waals surface area contributed by atoms with Gasteiger partial charge in [-0.2, -0.15) is 0 Å². The van der Waals surface area contributed by atoms with Gasteiger partial charge < -0.3 is 5.11 Å². The summed E-state index contributed by atoms with van der Waals surface area (Å²) < 4.78 is 0. The molecule has 0 heterocycles. The molecular formula is C17H25NO2. The quantitative estimate of drug-likeness (QED) is 0.823. The van der Waals surface area contributed by atoms with Gasteiger partial charge in [0.05, 0.1) is 0 Å². The van der Waals surface area contributed by atoms with Crippen molar-refractivity contribution in [1.29, 1.82) is 0 Å². The number of aryl methyl sites for hydroxylation is 2. The number of nitrogens with one attached hydrogen (secondary N) is 1. The van der Waals surface area contributed by atoms with Gasteiger partial charge in [-0.05, 0) is 43.4 Å².